The molecule has 3 rings (SSSR count). The van der Waals surface area contributed by atoms with E-state index in [0.29, 0.717) is 17.9 Å². The Bertz CT molecular complexity index is 983. The zero-order valence-corrected chi connectivity index (χ0v) is 15.4. The van der Waals surface area contributed by atoms with Gasteiger partial charge in [-0.1, -0.05) is 23.7 Å². The number of pyridine rings is 2. The van der Waals surface area contributed by atoms with Crippen LogP contribution in [-0.2, 0) is 11.2 Å². The topological polar surface area (TPSA) is 98.3 Å². The Morgan fingerprint density at radius 3 is 2.61 bits per heavy atom. The predicted molar refractivity (Wildman–Crippen MR) is 103 cm³/mol. The molecule has 2 heterocycles. The highest BCUT2D eigenvalue weighted by molar-refractivity contribution is 6.30. The second-order valence-corrected chi connectivity index (χ2v) is 6.60. The van der Waals surface area contributed by atoms with Gasteiger partial charge in [0.15, 0.2) is 5.82 Å². The molecule has 0 bridgehead atoms. The molecule has 0 fully saturated rings. The highest BCUT2D eigenvalue weighted by Crippen LogP contribution is 2.27. The summed E-state index contributed by atoms with van der Waals surface area (Å²) in [6, 6.07) is 11.4. The van der Waals surface area contributed by atoms with Crippen LogP contribution in [0.4, 0.5) is 4.39 Å². The fourth-order valence-corrected chi connectivity index (χ4v) is 2.78. The summed E-state index contributed by atoms with van der Waals surface area (Å²) >= 11 is 5.68. The van der Waals surface area contributed by atoms with Crippen LogP contribution in [0.25, 0.3) is 11.1 Å². The molecule has 3 aromatic rings. The summed E-state index contributed by atoms with van der Waals surface area (Å²) in [5.74, 6) is -1.31. The lowest BCUT2D eigenvalue weighted by molar-refractivity contribution is -0.137. The van der Waals surface area contributed by atoms with E-state index < -0.39 is 17.8 Å². The summed E-state index contributed by atoms with van der Waals surface area (Å²) in [5.41, 5.74) is 8.33. The van der Waals surface area contributed by atoms with Crippen molar-refractivity contribution in [2.45, 2.75) is 18.9 Å². The summed E-state index contributed by atoms with van der Waals surface area (Å²) < 4.78 is 19.2. The van der Waals surface area contributed by atoms with Crippen LogP contribution in [-0.4, -0.2) is 27.1 Å². The standard InChI is InChI=1S/C20H17ClFN3O3/c21-14-8-18(22)20(25-11-14)28-17-3-1-12(2-4-17)13-5-6-24-16(7-13)9-15(23)10-19(26)27/h1-8,11,15H,9-10,23H2,(H,26,27). The van der Waals surface area contributed by atoms with Gasteiger partial charge in [0.05, 0.1) is 11.4 Å². The van der Waals surface area contributed by atoms with Crippen LogP contribution >= 0.6 is 11.6 Å². The van der Waals surface area contributed by atoms with E-state index in [1.807, 2.05) is 24.3 Å². The molecule has 0 saturated carbocycles. The van der Waals surface area contributed by atoms with Crippen molar-refractivity contribution < 1.29 is 19.0 Å². The lowest BCUT2D eigenvalue weighted by atomic mass is 10.0. The molecule has 0 amide bonds. The smallest absolute Gasteiger partial charge is 0.304 e. The zero-order valence-electron chi connectivity index (χ0n) is 14.7. The highest BCUT2D eigenvalue weighted by Gasteiger charge is 2.11. The van der Waals surface area contributed by atoms with Crippen molar-refractivity contribution in [3.63, 3.8) is 0 Å². The molecule has 6 nitrogen and oxygen atoms in total. The quantitative estimate of drug-likeness (QED) is 0.619. The first-order valence-electron chi connectivity index (χ1n) is 8.42. The number of aliphatic carboxylic acids is 1. The van der Waals surface area contributed by atoms with Gasteiger partial charge >= 0.3 is 5.97 Å². The number of nitrogens with two attached hydrogens (primary N) is 1. The Hall–Kier alpha value is -3.03. The molecule has 0 spiro atoms. The molecule has 144 valence electrons. The Morgan fingerprint density at radius 2 is 1.93 bits per heavy atom. The van der Waals surface area contributed by atoms with Gasteiger partial charge in [-0.05, 0) is 41.5 Å². The van der Waals surface area contributed by atoms with Crippen LogP contribution < -0.4 is 10.5 Å². The molecule has 1 unspecified atom stereocenters. The highest BCUT2D eigenvalue weighted by atomic mass is 35.5. The van der Waals surface area contributed by atoms with E-state index in [2.05, 4.69) is 9.97 Å². The summed E-state index contributed by atoms with van der Waals surface area (Å²) in [6.45, 7) is 0. The maximum atomic E-state index is 13.8. The first-order valence-corrected chi connectivity index (χ1v) is 8.80. The number of nitrogens with zero attached hydrogens (tertiary/aromatic N) is 2. The van der Waals surface area contributed by atoms with Crippen LogP contribution in [0.5, 0.6) is 11.6 Å². The van der Waals surface area contributed by atoms with E-state index in [1.165, 1.54) is 6.20 Å². The summed E-state index contributed by atoms with van der Waals surface area (Å²) in [5, 5.41) is 9.00. The van der Waals surface area contributed by atoms with Crippen molar-refractivity contribution in [1.82, 2.24) is 9.97 Å². The average Bonchev–Trinajstić information content (AvgIpc) is 2.64. The van der Waals surface area contributed by atoms with E-state index in [4.69, 9.17) is 27.2 Å². The molecule has 1 atom stereocenters. The van der Waals surface area contributed by atoms with Gasteiger partial charge in [-0.3, -0.25) is 9.78 Å². The van der Waals surface area contributed by atoms with Crippen molar-refractivity contribution in [1.29, 1.82) is 0 Å². The minimum absolute atomic E-state index is 0.118. The van der Waals surface area contributed by atoms with E-state index >= 15 is 0 Å². The van der Waals surface area contributed by atoms with Crippen LogP contribution in [0.2, 0.25) is 5.02 Å². The first kappa shape index (κ1) is 19.7. The van der Waals surface area contributed by atoms with Crippen LogP contribution in [0.15, 0.2) is 54.9 Å². The minimum Gasteiger partial charge on any atom is -0.481 e. The molecular weight excluding hydrogens is 385 g/mol. The van der Waals surface area contributed by atoms with Crippen molar-refractivity contribution >= 4 is 17.6 Å². The van der Waals surface area contributed by atoms with Crippen molar-refractivity contribution in [3.8, 4) is 22.8 Å². The maximum absolute atomic E-state index is 13.8. The molecule has 0 aliphatic heterocycles. The summed E-state index contributed by atoms with van der Waals surface area (Å²) in [4.78, 5) is 18.8. The monoisotopic (exact) mass is 401 g/mol. The van der Waals surface area contributed by atoms with Crippen molar-refractivity contribution in [2.24, 2.45) is 5.73 Å². The number of halogens is 2. The maximum Gasteiger partial charge on any atom is 0.304 e. The third-order valence-electron chi connectivity index (χ3n) is 3.90. The van der Waals surface area contributed by atoms with Gasteiger partial charge in [0.2, 0.25) is 0 Å². The Kier molecular flexibility index (Phi) is 6.18. The SMILES string of the molecule is NC(CC(=O)O)Cc1cc(-c2ccc(Oc3ncc(Cl)cc3F)cc2)ccn1. The van der Waals surface area contributed by atoms with Gasteiger partial charge in [-0.2, -0.15) is 0 Å². The predicted octanol–water partition coefficient (Wildman–Crippen LogP) is 4.07. The third-order valence-corrected chi connectivity index (χ3v) is 4.11. The number of ether oxygens (including phenoxy) is 1. The summed E-state index contributed by atoms with van der Waals surface area (Å²) in [6.07, 6.45) is 3.20. The van der Waals surface area contributed by atoms with Gasteiger partial charge in [0.1, 0.15) is 5.75 Å². The number of benzene rings is 1. The molecule has 0 radical (unpaired) electrons. The molecule has 3 N–H and O–H groups in total. The van der Waals surface area contributed by atoms with Crippen LogP contribution in [0.3, 0.4) is 0 Å². The number of hydrogen-bond donors (Lipinski definition) is 2. The lowest BCUT2D eigenvalue weighted by Gasteiger charge is -2.10. The molecule has 0 aliphatic rings. The largest absolute Gasteiger partial charge is 0.481 e. The second-order valence-electron chi connectivity index (χ2n) is 6.16. The van der Waals surface area contributed by atoms with Crippen molar-refractivity contribution in [2.75, 3.05) is 0 Å². The first-order chi connectivity index (χ1) is 13.4. The Balaban J connectivity index is 1.72. The minimum atomic E-state index is -0.939. The Morgan fingerprint density at radius 1 is 1.18 bits per heavy atom. The number of rotatable bonds is 7. The molecule has 1 aromatic carbocycles. The normalized spacial score (nSPS) is 11.8. The summed E-state index contributed by atoms with van der Waals surface area (Å²) in [7, 11) is 0. The van der Waals surface area contributed by atoms with E-state index in [0.717, 1.165) is 17.2 Å². The number of hydrogen-bond acceptors (Lipinski definition) is 5. The fourth-order valence-electron chi connectivity index (χ4n) is 2.64. The van der Waals surface area contributed by atoms with E-state index in [1.54, 1.807) is 18.3 Å². The van der Waals surface area contributed by atoms with Gasteiger partial charge in [0.25, 0.3) is 5.88 Å². The van der Waals surface area contributed by atoms with Gasteiger partial charge in [-0.25, -0.2) is 9.37 Å². The molecule has 0 saturated heterocycles. The van der Waals surface area contributed by atoms with E-state index in [9.17, 15) is 9.18 Å². The van der Waals surface area contributed by atoms with Gasteiger partial charge in [0, 0.05) is 30.6 Å². The van der Waals surface area contributed by atoms with Crippen LogP contribution in [0, 0.1) is 5.82 Å². The number of carbonyl (C=O) groups is 1. The second kappa shape index (κ2) is 8.77. The van der Waals surface area contributed by atoms with Crippen LogP contribution in [0.1, 0.15) is 12.1 Å². The van der Waals surface area contributed by atoms with Gasteiger partial charge < -0.3 is 15.6 Å². The lowest BCUT2D eigenvalue weighted by Crippen LogP contribution is -2.26. The molecule has 2 aromatic heterocycles. The number of aromatic nitrogens is 2. The molecule has 0 aliphatic carbocycles. The third kappa shape index (κ3) is 5.25. The zero-order chi connectivity index (χ0) is 20.1. The fraction of sp³-hybridized carbons (Fsp3) is 0.150. The molecular formula is C20H17ClFN3O3. The molecule has 28 heavy (non-hydrogen) atoms. The number of carboxylic acids is 1. The average molecular weight is 402 g/mol. The van der Waals surface area contributed by atoms with Crippen molar-refractivity contribution in [3.05, 3.63) is 71.4 Å². The molecule has 8 heteroatoms. The van der Waals surface area contributed by atoms with E-state index in [-0.39, 0.29) is 17.3 Å². The Labute approximate surface area is 165 Å². The number of carboxylic acid groups (broad SMARTS) is 1. The van der Waals surface area contributed by atoms with Gasteiger partial charge in [-0.15, -0.1) is 0 Å².